The zero-order valence-electron chi connectivity index (χ0n) is 16.0. The molecule has 2 aromatic rings. The Bertz CT molecular complexity index is 878. The molecule has 8 heteroatoms. The van der Waals surface area contributed by atoms with E-state index in [1.165, 1.54) is 5.01 Å². The van der Waals surface area contributed by atoms with Crippen LogP contribution < -0.4 is 15.5 Å². The number of hydrazine groups is 1. The van der Waals surface area contributed by atoms with Gasteiger partial charge >= 0.3 is 6.03 Å². The van der Waals surface area contributed by atoms with Gasteiger partial charge in [-0.3, -0.25) is 10.1 Å². The normalized spacial score (nSPS) is 11.5. The minimum absolute atomic E-state index is 0.193. The van der Waals surface area contributed by atoms with Crippen molar-refractivity contribution in [1.82, 2.24) is 10.4 Å². The number of hydrogen-bond acceptors (Lipinski definition) is 4. The molecule has 0 atom stereocenters. The van der Waals surface area contributed by atoms with Crippen LogP contribution >= 0.6 is 0 Å². The fraction of sp³-hybridized carbons (Fsp3) is 0.316. The predicted molar refractivity (Wildman–Crippen MR) is 108 cm³/mol. The van der Waals surface area contributed by atoms with E-state index in [0.717, 1.165) is 12.0 Å². The van der Waals surface area contributed by atoms with Crippen molar-refractivity contribution >= 4 is 27.4 Å². The molecular formula is C19H26N4O3S. The third-order valence-electron chi connectivity index (χ3n) is 3.58. The van der Waals surface area contributed by atoms with Crippen molar-refractivity contribution in [1.29, 1.82) is 0 Å². The molecule has 0 saturated carbocycles. The first-order chi connectivity index (χ1) is 12.7. The molecule has 146 valence electrons. The number of sulfonamides is 1. The van der Waals surface area contributed by atoms with Gasteiger partial charge in [0.15, 0.2) is 0 Å². The topological polar surface area (TPSA) is 90.5 Å². The molecule has 2 rings (SSSR count). The van der Waals surface area contributed by atoms with Gasteiger partial charge in [-0.1, -0.05) is 32.0 Å². The predicted octanol–water partition coefficient (Wildman–Crippen LogP) is 3.28. The summed E-state index contributed by atoms with van der Waals surface area (Å²) in [4.78, 5) is 11.9. The van der Waals surface area contributed by atoms with Crippen LogP contribution in [-0.4, -0.2) is 33.6 Å². The largest absolute Gasteiger partial charge is 0.333 e. The van der Waals surface area contributed by atoms with Gasteiger partial charge in [0.1, 0.15) is 0 Å². The summed E-state index contributed by atoms with van der Waals surface area (Å²) in [7, 11) is -0.327. The Morgan fingerprint density at radius 3 is 2.26 bits per heavy atom. The van der Waals surface area contributed by atoms with Crippen LogP contribution in [0.1, 0.15) is 19.4 Å². The number of nitrogens with one attached hydrogen (secondary N) is 3. The minimum Gasteiger partial charge on any atom is -0.307 e. The third kappa shape index (κ3) is 6.58. The highest BCUT2D eigenvalue weighted by Crippen LogP contribution is 2.20. The van der Waals surface area contributed by atoms with Crippen LogP contribution in [0.4, 0.5) is 16.2 Å². The summed E-state index contributed by atoms with van der Waals surface area (Å²) in [6.45, 7) is 4.23. The van der Waals surface area contributed by atoms with Crippen LogP contribution in [0.2, 0.25) is 0 Å². The molecule has 3 N–H and O–H groups in total. The zero-order valence-corrected chi connectivity index (χ0v) is 16.8. The molecule has 0 aliphatic carbocycles. The summed E-state index contributed by atoms with van der Waals surface area (Å²) in [5.74, 6) is 0.505. The van der Waals surface area contributed by atoms with Gasteiger partial charge in [0.25, 0.3) is 10.0 Å². The molecular weight excluding hydrogens is 364 g/mol. The zero-order chi connectivity index (χ0) is 20.0. The van der Waals surface area contributed by atoms with E-state index in [9.17, 15) is 13.2 Å². The van der Waals surface area contributed by atoms with E-state index in [-0.39, 0.29) is 4.90 Å². The molecule has 2 amide bonds. The lowest BCUT2D eigenvalue weighted by Crippen LogP contribution is -2.39. The maximum Gasteiger partial charge on any atom is 0.333 e. The Hall–Kier alpha value is -2.58. The second kappa shape index (κ2) is 8.88. The summed E-state index contributed by atoms with van der Waals surface area (Å²) in [5, 5.41) is 4.14. The molecule has 0 spiro atoms. The second-order valence-corrected chi connectivity index (χ2v) is 8.57. The Morgan fingerprint density at radius 2 is 1.67 bits per heavy atom. The van der Waals surface area contributed by atoms with Gasteiger partial charge in [-0.05, 0) is 48.2 Å². The summed E-state index contributed by atoms with van der Waals surface area (Å²) in [5.41, 5.74) is 4.49. The molecule has 0 aliphatic heterocycles. The minimum atomic E-state index is -3.71. The van der Waals surface area contributed by atoms with Crippen LogP contribution in [0.5, 0.6) is 0 Å². The smallest absolute Gasteiger partial charge is 0.307 e. The number of anilines is 2. The van der Waals surface area contributed by atoms with Crippen LogP contribution in [0.3, 0.4) is 0 Å². The van der Waals surface area contributed by atoms with Gasteiger partial charge < -0.3 is 5.32 Å². The number of carbonyl (C=O) groups is 1. The lowest BCUT2D eigenvalue weighted by molar-refractivity contribution is 0.224. The number of carbonyl (C=O) groups excluding carboxylic acids is 1. The Kier molecular flexibility index (Phi) is 6.81. The first-order valence-electron chi connectivity index (χ1n) is 8.62. The molecule has 0 fully saturated rings. The monoisotopic (exact) mass is 390 g/mol. The molecule has 2 aromatic carbocycles. The van der Waals surface area contributed by atoms with E-state index in [2.05, 4.69) is 29.3 Å². The summed E-state index contributed by atoms with van der Waals surface area (Å²) >= 11 is 0. The molecule has 0 aromatic heterocycles. The highest BCUT2D eigenvalue weighted by Gasteiger charge is 2.14. The molecule has 0 aliphatic rings. The summed E-state index contributed by atoms with van der Waals surface area (Å²) < 4.78 is 27.7. The molecule has 7 nitrogen and oxygen atoms in total. The Morgan fingerprint density at radius 1 is 1.04 bits per heavy atom. The van der Waals surface area contributed by atoms with Crippen molar-refractivity contribution in [2.24, 2.45) is 5.92 Å². The van der Waals surface area contributed by atoms with Crippen LogP contribution in [0.25, 0.3) is 0 Å². The van der Waals surface area contributed by atoms with Gasteiger partial charge in [0.2, 0.25) is 0 Å². The van der Waals surface area contributed by atoms with Gasteiger partial charge in [0, 0.05) is 19.8 Å². The summed E-state index contributed by atoms with van der Waals surface area (Å²) in [6.07, 6.45) is 0.899. The number of urea groups is 1. The van der Waals surface area contributed by atoms with Gasteiger partial charge in [-0.2, -0.15) is 0 Å². The molecule has 0 radical (unpaired) electrons. The van der Waals surface area contributed by atoms with Gasteiger partial charge in [-0.15, -0.1) is 0 Å². The van der Waals surface area contributed by atoms with E-state index in [1.807, 2.05) is 12.1 Å². The maximum atomic E-state index is 12.6. The first kappa shape index (κ1) is 20.7. The fourth-order valence-electron chi connectivity index (χ4n) is 2.51. The van der Waals surface area contributed by atoms with Crippen molar-refractivity contribution in [3.63, 3.8) is 0 Å². The molecule has 27 heavy (non-hydrogen) atoms. The van der Waals surface area contributed by atoms with Crippen LogP contribution in [0.15, 0.2) is 53.4 Å². The van der Waals surface area contributed by atoms with E-state index in [0.29, 0.717) is 17.3 Å². The van der Waals surface area contributed by atoms with Gasteiger partial charge in [0.05, 0.1) is 10.6 Å². The SMILES string of the molecule is CC(C)Cc1ccc(S(=O)(=O)Nc2cccc(NC(=O)NN(C)C)c2)cc1. The average Bonchev–Trinajstić information content (AvgIpc) is 2.53. The van der Waals surface area contributed by atoms with E-state index < -0.39 is 16.1 Å². The fourth-order valence-corrected chi connectivity index (χ4v) is 3.56. The van der Waals surface area contributed by atoms with E-state index >= 15 is 0 Å². The highest BCUT2D eigenvalue weighted by molar-refractivity contribution is 7.92. The lowest BCUT2D eigenvalue weighted by atomic mass is 10.0. The van der Waals surface area contributed by atoms with Crippen molar-refractivity contribution < 1.29 is 13.2 Å². The van der Waals surface area contributed by atoms with Crippen molar-refractivity contribution in [2.75, 3.05) is 24.1 Å². The van der Waals surface area contributed by atoms with Crippen LogP contribution in [-0.2, 0) is 16.4 Å². The molecule has 0 bridgehead atoms. The third-order valence-corrected chi connectivity index (χ3v) is 4.97. The number of benzene rings is 2. The van der Waals surface area contributed by atoms with E-state index in [4.69, 9.17) is 0 Å². The number of amides is 2. The quantitative estimate of drug-likeness (QED) is 0.633. The number of nitrogens with zero attached hydrogens (tertiary/aromatic N) is 1. The average molecular weight is 391 g/mol. The van der Waals surface area contributed by atoms with Crippen LogP contribution in [0, 0.1) is 5.92 Å². The maximum absolute atomic E-state index is 12.6. The lowest BCUT2D eigenvalue weighted by Gasteiger charge is -2.14. The molecule has 0 unspecified atom stereocenters. The second-order valence-electron chi connectivity index (χ2n) is 6.89. The van der Waals surface area contributed by atoms with E-state index in [1.54, 1.807) is 50.5 Å². The Balaban J connectivity index is 2.11. The standard InChI is InChI=1S/C19H26N4O3S/c1-14(2)12-15-8-10-18(11-9-15)27(25,26)22-17-7-5-6-16(13-17)20-19(24)21-23(3)4/h5-11,13-14,22H,12H2,1-4H3,(H2,20,21,24). The van der Waals surface area contributed by atoms with Gasteiger partial charge in [-0.25, -0.2) is 18.2 Å². The Labute approximate surface area is 160 Å². The van der Waals surface area contributed by atoms with Crippen molar-refractivity contribution in [3.8, 4) is 0 Å². The molecule has 0 heterocycles. The number of hydrogen-bond donors (Lipinski definition) is 3. The highest BCUT2D eigenvalue weighted by atomic mass is 32.2. The number of rotatable bonds is 7. The van der Waals surface area contributed by atoms with Crippen molar-refractivity contribution in [3.05, 3.63) is 54.1 Å². The summed E-state index contributed by atoms with van der Waals surface area (Å²) in [6, 6.07) is 13.0. The first-order valence-corrected chi connectivity index (χ1v) is 10.1. The molecule has 0 saturated heterocycles. The van der Waals surface area contributed by atoms with Crippen molar-refractivity contribution in [2.45, 2.75) is 25.2 Å².